The third-order valence-electron chi connectivity index (χ3n) is 5.00. The fourth-order valence-electron chi connectivity index (χ4n) is 3.49. The molecule has 1 aliphatic heterocycles. The number of hydrogen-bond donors (Lipinski definition) is 2. The minimum Gasteiger partial charge on any atom is -0.388 e. The van der Waals surface area contributed by atoms with Crippen LogP contribution < -0.4 is 5.32 Å². The van der Waals surface area contributed by atoms with E-state index in [2.05, 4.69) is 11.4 Å². The van der Waals surface area contributed by atoms with Gasteiger partial charge in [-0.2, -0.15) is 0 Å². The van der Waals surface area contributed by atoms with E-state index in [-0.39, 0.29) is 18.6 Å². The maximum Gasteiger partial charge on any atom is 0.252 e. The molecule has 1 amide bonds. The van der Waals surface area contributed by atoms with Crippen LogP contribution in [-0.2, 0) is 4.74 Å². The Labute approximate surface area is 162 Å². The molecule has 138 valence electrons. The summed E-state index contributed by atoms with van der Waals surface area (Å²) in [5.41, 5.74) is 3.69. The smallest absolute Gasteiger partial charge is 0.252 e. The number of hydrogen-bond acceptors (Lipinski definition) is 3. The minimum atomic E-state index is -0.670. The third-order valence-corrected chi connectivity index (χ3v) is 5.43. The Hall–Kier alpha value is -2.40. The van der Waals surface area contributed by atoms with Gasteiger partial charge in [-0.3, -0.25) is 4.79 Å². The van der Waals surface area contributed by atoms with Gasteiger partial charge in [0.1, 0.15) is 0 Å². The zero-order valence-corrected chi connectivity index (χ0v) is 15.7. The van der Waals surface area contributed by atoms with Crippen molar-refractivity contribution < 1.29 is 14.6 Å². The van der Waals surface area contributed by atoms with E-state index in [1.54, 1.807) is 0 Å². The predicted octanol–water partition coefficient (Wildman–Crippen LogP) is 3.96. The van der Waals surface area contributed by atoms with E-state index >= 15 is 0 Å². The molecule has 0 unspecified atom stereocenters. The summed E-state index contributed by atoms with van der Waals surface area (Å²) in [5.74, 6) is -0.209. The molecule has 5 heteroatoms. The second kappa shape index (κ2) is 7.31. The highest BCUT2D eigenvalue weighted by atomic mass is 35.5. The maximum absolute atomic E-state index is 12.8. The SMILES string of the molecule is Cc1cc(-c2ccc(C(=O)N[C@H]3COC[C@@H]3O)c3ccccc23)ccc1Cl. The van der Waals surface area contributed by atoms with Crippen LogP contribution >= 0.6 is 11.6 Å². The van der Waals surface area contributed by atoms with E-state index in [4.69, 9.17) is 16.3 Å². The number of halogens is 1. The third kappa shape index (κ3) is 3.44. The van der Waals surface area contributed by atoms with Gasteiger partial charge in [-0.1, -0.05) is 48.0 Å². The number of benzene rings is 3. The zero-order chi connectivity index (χ0) is 19.0. The first kappa shape index (κ1) is 18.0. The monoisotopic (exact) mass is 381 g/mol. The van der Waals surface area contributed by atoms with Crippen LogP contribution in [0.4, 0.5) is 0 Å². The molecule has 0 radical (unpaired) electrons. The van der Waals surface area contributed by atoms with E-state index in [9.17, 15) is 9.90 Å². The molecule has 1 aliphatic rings. The summed E-state index contributed by atoms with van der Waals surface area (Å²) in [5, 5.41) is 15.4. The average molecular weight is 382 g/mol. The molecule has 1 saturated heterocycles. The highest BCUT2D eigenvalue weighted by Crippen LogP contribution is 2.32. The molecule has 3 aromatic carbocycles. The van der Waals surface area contributed by atoms with Gasteiger partial charge in [0.05, 0.1) is 25.4 Å². The summed E-state index contributed by atoms with van der Waals surface area (Å²) in [4.78, 5) is 12.8. The first-order chi connectivity index (χ1) is 13.0. The van der Waals surface area contributed by atoms with Gasteiger partial charge in [-0.25, -0.2) is 0 Å². The van der Waals surface area contributed by atoms with Crippen molar-refractivity contribution >= 4 is 28.3 Å². The van der Waals surface area contributed by atoms with Crippen molar-refractivity contribution in [3.8, 4) is 11.1 Å². The van der Waals surface area contributed by atoms with Crippen molar-refractivity contribution in [2.75, 3.05) is 13.2 Å². The summed E-state index contributed by atoms with van der Waals surface area (Å²) in [6.45, 7) is 2.55. The van der Waals surface area contributed by atoms with E-state index in [0.717, 1.165) is 32.5 Å². The Morgan fingerprint density at radius 3 is 2.59 bits per heavy atom. The van der Waals surface area contributed by atoms with Gasteiger partial charge in [-0.05, 0) is 52.6 Å². The van der Waals surface area contributed by atoms with Crippen LogP contribution in [0, 0.1) is 6.92 Å². The lowest BCUT2D eigenvalue weighted by molar-refractivity contribution is 0.0888. The number of rotatable bonds is 3. The summed E-state index contributed by atoms with van der Waals surface area (Å²) in [7, 11) is 0. The number of aliphatic hydroxyl groups is 1. The van der Waals surface area contributed by atoms with Gasteiger partial charge < -0.3 is 15.2 Å². The number of carbonyl (C=O) groups excluding carboxylic acids is 1. The Bertz CT molecular complexity index is 1020. The normalized spacial score (nSPS) is 19.4. The lowest BCUT2D eigenvalue weighted by Crippen LogP contribution is -2.42. The van der Waals surface area contributed by atoms with Crippen molar-refractivity contribution in [3.63, 3.8) is 0 Å². The van der Waals surface area contributed by atoms with Crippen LogP contribution in [0.25, 0.3) is 21.9 Å². The van der Waals surface area contributed by atoms with Gasteiger partial charge in [0.25, 0.3) is 5.91 Å². The molecule has 0 saturated carbocycles. The molecule has 2 N–H and O–H groups in total. The number of fused-ring (bicyclic) bond motifs is 1. The molecule has 1 heterocycles. The van der Waals surface area contributed by atoms with Gasteiger partial charge in [-0.15, -0.1) is 0 Å². The molecule has 0 spiro atoms. The number of carbonyl (C=O) groups is 1. The minimum absolute atomic E-state index is 0.209. The number of aliphatic hydroxyl groups excluding tert-OH is 1. The molecular formula is C22H20ClNO3. The van der Waals surface area contributed by atoms with Crippen molar-refractivity contribution in [2.24, 2.45) is 0 Å². The number of nitrogens with one attached hydrogen (secondary N) is 1. The van der Waals surface area contributed by atoms with E-state index < -0.39 is 6.10 Å². The highest BCUT2D eigenvalue weighted by Gasteiger charge is 2.28. The van der Waals surface area contributed by atoms with Gasteiger partial charge >= 0.3 is 0 Å². The first-order valence-electron chi connectivity index (χ1n) is 8.89. The van der Waals surface area contributed by atoms with Crippen LogP contribution in [0.5, 0.6) is 0 Å². The number of aryl methyl sites for hydroxylation is 1. The van der Waals surface area contributed by atoms with Crippen LogP contribution in [-0.4, -0.2) is 36.4 Å². The standard InChI is InChI=1S/C22H20ClNO3/c1-13-10-14(6-9-19(13)23)15-7-8-18(17-5-3-2-4-16(15)17)22(26)24-20-11-27-12-21(20)25/h2-10,20-21,25H,11-12H2,1H3,(H,24,26)/t20-,21-/m0/s1. The fraction of sp³-hybridized carbons (Fsp3) is 0.227. The Morgan fingerprint density at radius 2 is 1.89 bits per heavy atom. The van der Waals surface area contributed by atoms with Crippen molar-refractivity contribution in [2.45, 2.75) is 19.1 Å². The molecule has 0 bridgehead atoms. The summed E-state index contributed by atoms with van der Waals surface area (Å²) < 4.78 is 5.22. The molecular weight excluding hydrogens is 362 g/mol. The number of amides is 1. The van der Waals surface area contributed by atoms with Crippen LogP contribution in [0.3, 0.4) is 0 Å². The first-order valence-corrected chi connectivity index (χ1v) is 9.27. The topological polar surface area (TPSA) is 58.6 Å². The van der Waals surface area contributed by atoms with Gasteiger partial charge in [0.2, 0.25) is 0 Å². The zero-order valence-electron chi connectivity index (χ0n) is 14.9. The number of ether oxygens (including phenoxy) is 1. The Kier molecular flexibility index (Phi) is 4.87. The average Bonchev–Trinajstić information content (AvgIpc) is 3.07. The molecule has 2 atom stereocenters. The Morgan fingerprint density at radius 1 is 1.11 bits per heavy atom. The van der Waals surface area contributed by atoms with E-state index in [0.29, 0.717) is 12.2 Å². The highest BCUT2D eigenvalue weighted by molar-refractivity contribution is 6.31. The lowest BCUT2D eigenvalue weighted by atomic mass is 9.94. The molecule has 0 aromatic heterocycles. The van der Waals surface area contributed by atoms with Gasteiger partial charge in [0.15, 0.2) is 0 Å². The van der Waals surface area contributed by atoms with Gasteiger partial charge in [0, 0.05) is 10.6 Å². The second-order valence-electron chi connectivity index (χ2n) is 6.85. The maximum atomic E-state index is 12.8. The molecule has 0 aliphatic carbocycles. The summed E-state index contributed by atoms with van der Waals surface area (Å²) in [6.07, 6.45) is -0.670. The van der Waals surface area contributed by atoms with Crippen molar-refractivity contribution in [1.82, 2.24) is 5.32 Å². The molecule has 4 rings (SSSR count). The van der Waals surface area contributed by atoms with Crippen LogP contribution in [0.2, 0.25) is 5.02 Å². The molecule has 1 fully saturated rings. The predicted molar refractivity (Wildman–Crippen MR) is 107 cm³/mol. The summed E-state index contributed by atoms with van der Waals surface area (Å²) in [6, 6.07) is 17.2. The van der Waals surface area contributed by atoms with E-state index in [1.807, 2.05) is 55.5 Å². The van der Waals surface area contributed by atoms with E-state index in [1.165, 1.54) is 0 Å². The van der Waals surface area contributed by atoms with Crippen molar-refractivity contribution in [1.29, 1.82) is 0 Å². The largest absolute Gasteiger partial charge is 0.388 e. The lowest BCUT2D eigenvalue weighted by Gasteiger charge is -2.17. The van der Waals surface area contributed by atoms with Crippen LogP contribution in [0.1, 0.15) is 15.9 Å². The molecule has 4 nitrogen and oxygen atoms in total. The second-order valence-corrected chi connectivity index (χ2v) is 7.26. The van der Waals surface area contributed by atoms with Crippen LogP contribution in [0.15, 0.2) is 54.6 Å². The molecule has 27 heavy (non-hydrogen) atoms. The molecule has 3 aromatic rings. The fourth-order valence-corrected chi connectivity index (χ4v) is 3.61. The quantitative estimate of drug-likeness (QED) is 0.722. The van der Waals surface area contributed by atoms with Crippen molar-refractivity contribution in [3.05, 3.63) is 70.7 Å². The summed E-state index contributed by atoms with van der Waals surface area (Å²) >= 11 is 6.16. The Balaban J connectivity index is 1.76.